The molecular formula is C44H31NO2S2Si. The van der Waals surface area contributed by atoms with Gasteiger partial charge in [-0.2, -0.15) is 0 Å². The molecule has 0 saturated carbocycles. The molecule has 7 aromatic carbocycles. The van der Waals surface area contributed by atoms with Crippen LogP contribution >= 0.6 is 23.5 Å². The zero-order valence-corrected chi connectivity index (χ0v) is 30.1. The number of hydrogen-bond donors (Lipinski definition) is 0. The van der Waals surface area contributed by atoms with Gasteiger partial charge in [0, 0.05) is 31.8 Å². The first kappa shape index (κ1) is 29.7. The Morgan fingerprint density at radius 2 is 1.22 bits per heavy atom. The predicted molar refractivity (Wildman–Crippen MR) is 212 cm³/mol. The van der Waals surface area contributed by atoms with E-state index in [0.29, 0.717) is 0 Å². The molecule has 0 fully saturated rings. The second kappa shape index (κ2) is 11.5. The zero-order valence-electron chi connectivity index (χ0n) is 27.5. The van der Waals surface area contributed by atoms with E-state index < -0.39 is 8.07 Å². The van der Waals surface area contributed by atoms with Gasteiger partial charge in [-0.3, -0.25) is 0 Å². The fraction of sp³-hybridized carbons (Fsp3) is 0.0455. The molecule has 0 atom stereocenters. The first-order valence-electron chi connectivity index (χ1n) is 16.8. The highest BCUT2D eigenvalue weighted by atomic mass is 32.2. The van der Waals surface area contributed by atoms with Crippen LogP contribution in [0.15, 0.2) is 176 Å². The molecule has 10 rings (SSSR count). The number of anilines is 3. The van der Waals surface area contributed by atoms with Crippen LogP contribution < -0.4 is 20.0 Å². The summed E-state index contributed by atoms with van der Waals surface area (Å²) in [5.41, 5.74) is 7.22. The van der Waals surface area contributed by atoms with Gasteiger partial charge < -0.3 is 14.1 Å². The molecule has 3 heterocycles. The number of ether oxygens (including phenoxy) is 1. The molecule has 1 aromatic heterocycles. The smallest absolute Gasteiger partial charge is 0.159 e. The summed E-state index contributed by atoms with van der Waals surface area (Å²) in [5, 5.41) is 5.20. The SMILES string of the molecule is C[Si]1(C)c2ccccc2Sc2c(N(c3ccc(-c4cccc5c4Oc4ccccc4S5)cc3)c3cccc4c3oc3ccccc34)cccc21. The van der Waals surface area contributed by atoms with E-state index in [1.54, 1.807) is 11.8 Å². The van der Waals surface area contributed by atoms with Gasteiger partial charge in [-0.15, -0.1) is 0 Å². The molecule has 0 bridgehead atoms. The van der Waals surface area contributed by atoms with Crippen molar-refractivity contribution < 1.29 is 9.15 Å². The Hall–Kier alpha value is -5.14. The summed E-state index contributed by atoms with van der Waals surface area (Å²) < 4.78 is 13.2. The van der Waals surface area contributed by atoms with Crippen LogP contribution in [0, 0.1) is 0 Å². The standard InChI is InChI=1S/C44H31NO2S2Si/c1-50(2)40-22-8-7-20-38(40)49-44-34(16-11-23-41(44)50)45(33-15-9-14-32-31-12-3-4-17-35(31)46-42(32)33)29-26-24-28(25-27-29)30-13-10-21-39-43(30)47-36-18-5-6-19-37(36)48-39/h3-27H,1-2H3. The van der Waals surface area contributed by atoms with Gasteiger partial charge in [0.05, 0.1) is 21.2 Å². The van der Waals surface area contributed by atoms with Gasteiger partial charge >= 0.3 is 0 Å². The van der Waals surface area contributed by atoms with Crippen molar-refractivity contribution in [1.29, 1.82) is 0 Å². The van der Waals surface area contributed by atoms with Crippen LogP contribution in [0.2, 0.25) is 13.1 Å². The van der Waals surface area contributed by atoms with Gasteiger partial charge in [-0.25, -0.2) is 0 Å². The number of nitrogens with zero attached hydrogens (tertiary/aromatic N) is 1. The molecule has 0 unspecified atom stereocenters. The van der Waals surface area contributed by atoms with Crippen molar-refractivity contribution in [2.45, 2.75) is 32.7 Å². The summed E-state index contributed by atoms with van der Waals surface area (Å²) in [5.74, 6) is 1.81. The molecule has 3 nitrogen and oxygen atoms in total. The number of benzene rings is 7. The maximum Gasteiger partial charge on any atom is 0.159 e. The summed E-state index contributed by atoms with van der Waals surface area (Å²) in [4.78, 5) is 7.35. The Morgan fingerprint density at radius 1 is 0.540 bits per heavy atom. The minimum atomic E-state index is -1.97. The Morgan fingerprint density at radius 3 is 2.12 bits per heavy atom. The van der Waals surface area contributed by atoms with Crippen molar-refractivity contribution >= 4 is 81.0 Å². The van der Waals surface area contributed by atoms with Gasteiger partial charge in [0.25, 0.3) is 0 Å². The van der Waals surface area contributed by atoms with Crippen LogP contribution in [0.4, 0.5) is 17.1 Å². The number of para-hydroxylation sites is 4. The second-order valence-corrected chi connectivity index (χ2v) is 19.8. The molecule has 240 valence electrons. The highest BCUT2D eigenvalue weighted by Crippen LogP contribution is 2.51. The molecule has 0 amide bonds. The van der Waals surface area contributed by atoms with Gasteiger partial charge in [-0.05, 0) is 70.5 Å². The van der Waals surface area contributed by atoms with E-state index in [4.69, 9.17) is 9.15 Å². The van der Waals surface area contributed by atoms with Crippen molar-refractivity contribution in [3.8, 4) is 22.6 Å². The van der Waals surface area contributed by atoms with Gasteiger partial charge in [0.15, 0.2) is 5.58 Å². The molecule has 50 heavy (non-hydrogen) atoms. The first-order chi connectivity index (χ1) is 24.5. The largest absolute Gasteiger partial charge is 0.454 e. The minimum absolute atomic E-state index is 0.884. The zero-order chi connectivity index (χ0) is 33.4. The van der Waals surface area contributed by atoms with Crippen molar-refractivity contribution in [3.05, 3.63) is 152 Å². The topological polar surface area (TPSA) is 25.6 Å². The molecule has 8 aromatic rings. The lowest BCUT2D eigenvalue weighted by atomic mass is 10.0. The predicted octanol–water partition coefficient (Wildman–Crippen LogP) is 12.3. The maximum absolute atomic E-state index is 6.67. The highest BCUT2D eigenvalue weighted by molar-refractivity contribution is 8.00. The van der Waals surface area contributed by atoms with Crippen molar-refractivity contribution in [2.24, 2.45) is 0 Å². The molecule has 0 aliphatic carbocycles. The highest BCUT2D eigenvalue weighted by Gasteiger charge is 2.37. The molecule has 2 aliphatic heterocycles. The number of rotatable bonds is 4. The van der Waals surface area contributed by atoms with Gasteiger partial charge in [0.2, 0.25) is 0 Å². The summed E-state index contributed by atoms with van der Waals surface area (Å²) in [7, 11) is -1.97. The molecule has 0 spiro atoms. The summed E-state index contributed by atoms with van der Waals surface area (Å²) >= 11 is 3.65. The van der Waals surface area contributed by atoms with E-state index in [0.717, 1.165) is 71.4 Å². The summed E-state index contributed by atoms with van der Waals surface area (Å²) in [6.07, 6.45) is 0. The first-order valence-corrected chi connectivity index (χ1v) is 21.5. The Balaban J connectivity index is 1.15. The monoisotopic (exact) mass is 697 g/mol. The van der Waals surface area contributed by atoms with Crippen molar-refractivity contribution in [3.63, 3.8) is 0 Å². The normalized spacial score (nSPS) is 14.0. The number of furan rings is 1. The fourth-order valence-electron chi connectivity index (χ4n) is 7.51. The Bertz CT molecular complexity index is 2630. The van der Waals surface area contributed by atoms with E-state index in [1.165, 1.54) is 20.2 Å². The van der Waals surface area contributed by atoms with Crippen molar-refractivity contribution in [1.82, 2.24) is 0 Å². The van der Waals surface area contributed by atoms with Crippen LogP contribution in [-0.4, -0.2) is 8.07 Å². The van der Waals surface area contributed by atoms with Crippen LogP contribution in [0.5, 0.6) is 11.5 Å². The lowest BCUT2D eigenvalue weighted by Crippen LogP contribution is -2.56. The van der Waals surface area contributed by atoms with Crippen LogP contribution in [0.25, 0.3) is 33.1 Å². The average molecular weight is 698 g/mol. The lowest BCUT2D eigenvalue weighted by Gasteiger charge is -2.36. The fourth-order valence-corrected chi connectivity index (χ4v) is 14.0. The number of fused-ring (bicyclic) bond motifs is 7. The number of hydrogen-bond acceptors (Lipinski definition) is 5. The Kier molecular flexibility index (Phi) is 6.81. The van der Waals surface area contributed by atoms with E-state index >= 15 is 0 Å². The third-order valence-electron chi connectivity index (χ3n) is 10.0. The molecule has 0 radical (unpaired) electrons. The molecule has 2 aliphatic rings. The summed E-state index contributed by atoms with van der Waals surface area (Å²) in [6, 6.07) is 54.3. The van der Waals surface area contributed by atoms with E-state index in [9.17, 15) is 0 Å². The average Bonchev–Trinajstić information content (AvgIpc) is 3.54. The molecule has 0 saturated heterocycles. The minimum Gasteiger partial charge on any atom is -0.454 e. The van der Waals surface area contributed by atoms with Crippen LogP contribution in [0.3, 0.4) is 0 Å². The molecular weight excluding hydrogens is 667 g/mol. The lowest BCUT2D eigenvalue weighted by molar-refractivity contribution is 0.456. The maximum atomic E-state index is 6.67. The van der Waals surface area contributed by atoms with Crippen molar-refractivity contribution in [2.75, 3.05) is 4.90 Å². The second-order valence-electron chi connectivity index (χ2n) is 13.3. The molecule has 0 N–H and O–H groups in total. The molecule has 6 heteroatoms. The van der Waals surface area contributed by atoms with E-state index in [1.807, 2.05) is 30.0 Å². The van der Waals surface area contributed by atoms with Gasteiger partial charge in [0.1, 0.15) is 25.2 Å². The third-order valence-corrected chi connectivity index (χ3v) is 16.2. The summed E-state index contributed by atoms with van der Waals surface area (Å²) in [6.45, 7) is 4.96. The van der Waals surface area contributed by atoms with E-state index in [2.05, 4.69) is 151 Å². The van der Waals surface area contributed by atoms with Crippen LogP contribution in [-0.2, 0) is 0 Å². The Labute approximate surface area is 300 Å². The third kappa shape index (κ3) is 4.59. The van der Waals surface area contributed by atoms with Gasteiger partial charge in [-0.1, -0.05) is 134 Å². The quantitative estimate of drug-likeness (QED) is 0.171. The van der Waals surface area contributed by atoms with E-state index in [-0.39, 0.29) is 0 Å². The van der Waals surface area contributed by atoms with Crippen LogP contribution in [0.1, 0.15) is 0 Å².